The summed E-state index contributed by atoms with van der Waals surface area (Å²) in [5, 5.41) is 1.93. The van der Waals surface area contributed by atoms with Gasteiger partial charge in [-0.3, -0.25) is 9.59 Å². The molecule has 5 rings (SSSR count). The second kappa shape index (κ2) is 9.12. The Bertz CT molecular complexity index is 1360. The SMILES string of the molecule is Cc1ccc(OCCOC(=O)CSc2ccc3c4c(cccc24)C(=O)c2ccccc2-3)cc1. The summed E-state index contributed by atoms with van der Waals surface area (Å²) >= 11 is 1.42. The molecule has 0 amide bonds. The number of rotatable bonds is 7. The zero-order valence-corrected chi connectivity index (χ0v) is 19.0. The van der Waals surface area contributed by atoms with Crippen molar-refractivity contribution in [3.05, 3.63) is 95.6 Å². The highest BCUT2D eigenvalue weighted by Gasteiger charge is 2.25. The van der Waals surface area contributed by atoms with E-state index in [1.54, 1.807) is 0 Å². The lowest BCUT2D eigenvalue weighted by Gasteiger charge is -2.21. The lowest BCUT2D eigenvalue weighted by molar-refractivity contribution is -0.141. The van der Waals surface area contributed by atoms with Crippen LogP contribution in [0.25, 0.3) is 21.9 Å². The first-order valence-corrected chi connectivity index (χ1v) is 11.8. The number of benzene rings is 4. The lowest BCUT2D eigenvalue weighted by atomic mass is 9.83. The number of carbonyl (C=O) groups is 2. The van der Waals surface area contributed by atoms with Crippen LogP contribution in [0.3, 0.4) is 0 Å². The maximum Gasteiger partial charge on any atom is 0.316 e. The van der Waals surface area contributed by atoms with Crippen LogP contribution in [0.5, 0.6) is 5.75 Å². The molecule has 0 saturated heterocycles. The van der Waals surface area contributed by atoms with Gasteiger partial charge in [0.2, 0.25) is 0 Å². The Morgan fingerprint density at radius 3 is 2.36 bits per heavy atom. The highest BCUT2D eigenvalue weighted by atomic mass is 32.2. The van der Waals surface area contributed by atoms with Crippen molar-refractivity contribution in [2.24, 2.45) is 0 Å². The molecule has 4 nitrogen and oxygen atoms in total. The van der Waals surface area contributed by atoms with Gasteiger partial charge in [-0.15, -0.1) is 11.8 Å². The van der Waals surface area contributed by atoms with Gasteiger partial charge in [-0.2, -0.15) is 0 Å². The number of hydrogen-bond donors (Lipinski definition) is 0. The molecule has 0 spiro atoms. The monoisotopic (exact) mass is 454 g/mol. The number of esters is 1. The quantitative estimate of drug-likeness (QED) is 0.170. The van der Waals surface area contributed by atoms with Crippen LogP contribution in [0, 0.1) is 6.92 Å². The zero-order chi connectivity index (χ0) is 22.8. The predicted molar refractivity (Wildman–Crippen MR) is 131 cm³/mol. The van der Waals surface area contributed by atoms with E-state index in [2.05, 4.69) is 0 Å². The average molecular weight is 455 g/mol. The fourth-order valence-electron chi connectivity index (χ4n) is 4.11. The number of aryl methyl sites for hydroxylation is 1. The molecule has 0 radical (unpaired) electrons. The summed E-state index contributed by atoms with van der Waals surface area (Å²) in [6.45, 7) is 2.52. The van der Waals surface area contributed by atoms with Crippen molar-refractivity contribution >= 4 is 34.3 Å². The third kappa shape index (κ3) is 4.24. The van der Waals surface area contributed by atoms with Crippen LogP contribution < -0.4 is 4.74 Å². The van der Waals surface area contributed by atoms with E-state index in [4.69, 9.17) is 9.47 Å². The summed E-state index contributed by atoms with van der Waals surface area (Å²) in [6, 6.07) is 25.3. The fraction of sp³-hybridized carbons (Fsp3) is 0.143. The van der Waals surface area contributed by atoms with Crippen LogP contribution in [-0.4, -0.2) is 30.7 Å². The highest BCUT2D eigenvalue weighted by Crippen LogP contribution is 2.42. The first-order valence-electron chi connectivity index (χ1n) is 10.8. The van der Waals surface area contributed by atoms with Gasteiger partial charge in [0.1, 0.15) is 19.0 Å². The minimum Gasteiger partial charge on any atom is -0.490 e. The molecule has 164 valence electrons. The Morgan fingerprint density at radius 1 is 0.788 bits per heavy atom. The molecule has 0 saturated carbocycles. The van der Waals surface area contributed by atoms with Gasteiger partial charge in [-0.1, -0.05) is 66.2 Å². The van der Waals surface area contributed by atoms with E-state index in [1.165, 1.54) is 11.8 Å². The first-order chi connectivity index (χ1) is 16.1. The molecule has 0 bridgehead atoms. The van der Waals surface area contributed by atoms with Crippen molar-refractivity contribution in [2.45, 2.75) is 11.8 Å². The van der Waals surface area contributed by atoms with E-state index in [0.717, 1.165) is 43.7 Å². The van der Waals surface area contributed by atoms with Crippen LogP contribution in [0.4, 0.5) is 0 Å². The molecular formula is C28H22O4S. The van der Waals surface area contributed by atoms with Crippen molar-refractivity contribution in [1.82, 2.24) is 0 Å². The van der Waals surface area contributed by atoms with Crippen molar-refractivity contribution < 1.29 is 19.1 Å². The molecule has 0 atom stereocenters. The van der Waals surface area contributed by atoms with E-state index in [9.17, 15) is 9.59 Å². The van der Waals surface area contributed by atoms with E-state index in [-0.39, 0.29) is 24.1 Å². The summed E-state index contributed by atoms with van der Waals surface area (Å²) in [6.07, 6.45) is 0. The second-order valence-electron chi connectivity index (χ2n) is 7.88. The number of hydrogen-bond acceptors (Lipinski definition) is 5. The van der Waals surface area contributed by atoms with Gasteiger partial charge < -0.3 is 9.47 Å². The molecule has 0 unspecified atom stereocenters. The van der Waals surface area contributed by atoms with Gasteiger partial charge in [0.25, 0.3) is 0 Å². The Balaban J connectivity index is 1.26. The maximum atomic E-state index is 13.0. The molecule has 1 aliphatic carbocycles. The predicted octanol–water partition coefficient (Wildman–Crippen LogP) is 6.07. The van der Waals surface area contributed by atoms with Gasteiger partial charge in [0, 0.05) is 21.4 Å². The molecule has 33 heavy (non-hydrogen) atoms. The smallest absolute Gasteiger partial charge is 0.316 e. The molecule has 0 fully saturated rings. The topological polar surface area (TPSA) is 52.6 Å². The second-order valence-corrected chi connectivity index (χ2v) is 8.90. The maximum absolute atomic E-state index is 13.0. The van der Waals surface area contributed by atoms with E-state index < -0.39 is 0 Å². The lowest BCUT2D eigenvalue weighted by Crippen LogP contribution is -2.14. The largest absolute Gasteiger partial charge is 0.490 e. The van der Waals surface area contributed by atoms with E-state index in [1.807, 2.05) is 85.8 Å². The van der Waals surface area contributed by atoms with Crippen LogP contribution in [0.15, 0.2) is 83.8 Å². The standard InChI is InChI=1S/C28H22O4S/c1-18-9-11-19(12-10-18)31-15-16-32-26(29)17-33-25-14-13-21-20-5-2-3-6-22(20)28(30)24-8-4-7-23(25)27(21)24/h2-14H,15-17H2,1H3. The van der Waals surface area contributed by atoms with Crippen molar-refractivity contribution in [2.75, 3.05) is 19.0 Å². The molecule has 1 aliphatic rings. The third-order valence-corrected chi connectivity index (χ3v) is 6.74. The molecule has 0 N–H and O–H groups in total. The molecule has 0 aromatic heterocycles. The van der Waals surface area contributed by atoms with Crippen LogP contribution in [-0.2, 0) is 9.53 Å². The van der Waals surface area contributed by atoms with Crippen molar-refractivity contribution in [3.63, 3.8) is 0 Å². The van der Waals surface area contributed by atoms with Crippen LogP contribution >= 0.6 is 11.8 Å². The van der Waals surface area contributed by atoms with Gasteiger partial charge >= 0.3 is 5.97 Å². The number of fused-ring (bicyclic) bond motifs is 2. The number of carbonyl (C=O) groups excluding carboxylic acids is 2. The van der Waals surface area contributed by atoms with E-state index in [0.29, 0.717) is 12.2 Å². The minimum atomic E-state index is -0.297. The highest BCUT2D eigenvalue weighted by molar-refractivity contribution is 8.00. The molecule has 4 aromatic carbocycles. The average Bonchev–Trinajstić information content (AvgIpc) is 2.85. The van der Waals surface area contributed by atoms with Gasteiger partial charge in [0.05, 0.1) is 5.75 Å². The Labute approximate surface area is 196 Å². The van der Waals surface area contributed by atoms with E-state index >= 15 is 0 Å². The summed E-state index contributed by atoms with van der Waals surface area (Å²) < 4.78 is 10.9. The Hall–Kier alpha value is -3.57. The van der Waals surface area contributed by atoms with Gasteiger partial charge in [-0.25, -0.2) is 0 Å². The first kappa shape index (κ1) is 21.3. The van der Waals surface area contributed by atoms with Gasteiger partial charge in [-0.05, 0) is 41.6 Å². The molecular weight excluding hydrogens is 432 g/mol. The minimum absolute atomic E-state index is 0.0406. The fourth-order valence-corrected chi connectivity index (χ4v) is 4.95. The Kier molecular flexibility index (Phi) is 5.88. The summed E-state index contributed by atoms with van der Waals surface area (Å²) in [5.41, 5.74) is 4.61. The molecule has 0 heterocycles. The van der Waals surface area contributed by atoms with Crippen LogP contribution in [0.2, 0.25) is 0 Å². The summed E-state index contributed by atoms with van der Waals surface area (Å²) in [4.78, 5) is 26.3. The number of thioether (sulfide) groups is 1. The molecule has 0 aliphatic heterocycles. The van der Waals surface area contributed by atoms with Crippen LogP contribution in [0.1, 0.15) is 21.5 Å². The normalized spacial score (nSPS) is 11.8. The van der Waals surface area contributed by atoms with Gasteiger partial charge in [0.15, 0.2) is 5.78 Å². The summed E-state index contributed by atoms with van der Waals surface area (Å²) in [5.74, 6) is 0.687. The number of ketones is 1. The summed E-state index contributed by atoms with van der Waals surface area (Å²) in [7, 11) is 0. The molecule has 4 aromatic rings. The number of ether oxygens (including phenoxy) is 2. The third-order valence-electron chi connectivity index (χ3n) is 5.69. The zero-order valence-electron chi connectivity index (χ0n) is 18.2. The van der Waals surface area contributed by atoms with Crippen molar-refractivity contribution in [3.8, 4) is 16.9 Å². The van der Waals surface area contributed by atoms with Crippen molar-refractivity contribution in [1.29, 1.82) is 0 Å². The Morgan fingerprint density at radius 2 is 1.55 bits per heavy atom. The molecule has 5 heteroatoms.